The van der Waals surface area contributed by atoms with Gasteiger partial charge in [-0.05, 0) is 37.3 Å². The lowest BCUT2D eigenvalue weighted by atomic mass is 10.2. The molecule has 9 heteroatoms. The molecule has 0 aliphatic rings. The molecule has 3 aromatic rings. The molecule has 0 unspecified atom stereocenters. The molecule has 1 aromatic heterocycles. The maximum atomic E-state index is 12.0. The number of aryl methyl sites for hydroxylation is 1. The van der Waals surface area contributed by atoms with E-state index < -0.39 is 5.97 Å². The van der Waals surface area contributed by atoms with Gasteiger partial charge < -0.3 is 15.2 Å². The van der Waals surface area contributed by atoms with Gasteiger partial charge >= 0.3 is 5.97 Å². The molecule has 0 bridgehead atoms. The molecule has 0 saturated heterocycles. The number of carbonyl (C=O) groups excluding carboxylic acids is 1. The number of hydrogen-bond acceptors (Lipinski definition) is 6. The highest BCUT2D eigenvalue weighted by molar-refractivity contribution is 7.99. The first-order valence-corrected chi connectivity index (χ1v) is 9.35. The number of carboxylic acid groups (broad SMARTS) is 1. The van der Waals surface area contributed by atoms with Crippen LogP contribution in [-0.2, 0) is 11.4 Å². The smallest absolute Gasteiger partial charge is 0.335 e. The maximum absolute atomic E-state index is 12.0. The van der Waals surface area contributed by atoms with Crippen molar-refractivity contribution in [3.63, 3.8) is 0 Å². The van der Waals surface area contributed by atoms with E-state index in [9.17, 15) is 9.59 Å². The normalized spacial score (nSPS) is 10.5. The Kier molecular flexibility index (Phi) is 6.28. The number of hydrogen-bond donors (Lipinski definition) is 3. The van der Waals surface area contributed by atoms with Crippen LogP contribution in [0.1, 0.15) is 21.7 Å². The van der Waals surface area contributed by atoms with E-state index in [4.69, 9.17) is 9.84 Å². The minimum atomic E-state index is -1.05. The highest BCUT2D eigenvalue weighted by atomic mass is 32.2. The second-order valence-electron chi connectivity index (χ2n) is 5.89. The number of nitrogens with one attached hydrogen (secondary N) is 2. The molecule has 0 spiro atoms. The van der Waals surface area contributed by atoms with Crippen molar-refractivity contribution < 1.29 is 19.4 Å². The zero-order valence-corrected chi connectivity index (χ0v) is 15.8. The van der Waals surface area contributed by atoms with Crippen LogP contribution in [-0.4, -0.2) is 37.9 Å². The number of amides is 1. The predicted octanol–water partition coefficient (Wildman–Crippen LogP) is 3.12. The molecular formula is C19H18N4O4S. The van der Waals surface area contributed by atoms with Crippen molar-refractivity contribution >= 4 is 29.3 Å². The average Bonchev–Trinajstić information content (AvgIpc) is 3.14. The molecule has 2 aromatic carbocycles. The Bertz CT molecular complexity index is 972. The van der Waals surface area contributed by atoms with Crippen molar-refractivity contribution in [3.05, 3.63) is 65.5 Å². The lowest BCUT2D eigenvalue weighted by Crippen LogP contribution is -2.14. The van der Waals surface area contributed by atoms with Gasteiger partial charge in [0.05, 0.1) is 11.3 Å². The molecule has 3 N–H and O–H groups in total. The third-order valence-corrected chi connectivity index (χ3v) is 4.48. The third kappa shape index (κ3) is 5.58. The van der Waals surface area contributed by atoms with Crippen LogP contribution in [0.4, 0.5) is 5.69 Å². The molecule has 3 rings (SSSR count). The van der Waals surface area contributed by atoms with E-state index >= 15 is 0 Å². The lowest BCUT2D eigenvalue weighted by molar-refractivity contribution is -0.113. The molecule has 144 valence electrons. The van der Waals surface area contributed by atoms with Crippen LogP contribution in [0.5, 0.6) is 5.75 Å². The molecule has 0 fully saturated rings. The van der Waals surface area contributed by atoms with Crippen LogP contribution in [0.15, 0.2) is 53.7 Å². The minimum absolute atomic E-state index is 0.0907. The number of anilines is 1. The number of carboxylic acids is 1. The predicted molar refractivity (Wildman–Crippen MR) is 105 cm³/mol. The summed E-state index contributed by atoms with van der Waals surface area (Å²) in [5, 5.41) is 18.9. The first-order valence-electron chi connectivity index (χ1n) is 8.36. The van der Waals surface area contributed by atoms with Gasteiger partial charge in [-0.25, -0.2) is 9.78 Å². The van der Waals surface area contributed by atoms with E-state index in [-0.39, 0.29) is 23.8 Å². The van der Waals surface area contributed by atoms with Gasteiger partial charge in [-0.3, -0.25) is 9.89 Å². The molecule has 0 aliphatic carbocycles. The van der Waals surface area contributed by atoms with E-state index in [0.29, 0.717) is 16.7 Å². The Balaban J connectivity index is 1.47. The minimum Gasteiger partial charge on any atom is -0.486 e. The fourth-order valence-electron chi connectivity index (χ4n) is 2.25. The van der Waals surface area contributed by atoms with Crippen LogP contribution in [0.2, 0.25) is 0 Å². The molecule has 1 amide bonds. The van der Waals surface area contributed by atoms with Gasteiger partial charge in [-0.15, -0.1) is 5.10 Å². The summed E-state index contributed by atoms with van der Waals surface area (Å²) in [4.78, 5) is 27.3. The zero-order valence-electron chi connectivity index (χ0n) is 15.0. The van der Waals surface area contributed by atoms with E-state index in [2.05, 4.69) is 20.5 Å². The Labute approximate surface area is 165 Å². The number of aromatic amines is 1. The summed E-state index contributed by atoms with van der Waals surface area (Å²) in [6.07, 6.45) is 0. The highest BCUT2D eigenvalue weighted by Gasteiger charge is 2.10. The van der Waals surface area contributed by atoms with Gasteiger partial charge in [-0.2, -0.15) is 0 Å². The molecular weight excluding hydrogens is 380 g/mol. The number of aromatic nitrogens is 3. The van der Waals surface area contributed by atoms with Crippen molar-refractivity contribution in [2.75, 3.05) is 11.1 Å². The highest BCUT2D eigenvalue weighted by Crippen LogP contribution is 2.16. The summed E-state index contributed by atoms with van der Waals surface area (Å²) in [6.45, 7) is 2.24. The molecule has 0 radical (unpaired) electrons. The van der Waals surface area contributed by atoms with Crippen molar-refractivity contribution in [2.45, 2.75) is 18.7 Å². The van der Waals surface area contributed by atoms with E-state index in [0.717, 1.165) is 11.3 Å². The van der Waals surface area contributed by atoms with Crippen LogP contribution in [0, 0.1) is 6.92 Å². The summed E-state index contributed by atoms with van der Waals surface area (Å²) in [5.41, 5.74) is 1.68. The van der Waals surface area contributed by atoms with E-state index in [1.807, 2.05) is 31.2 Å². The van der Waals surface area contributed by atoms with Crippen molar-refractivity contribution in [1.29, 1.82) is 0 Å². The van der Waals surface area contributed by atoms with Gasteiger partial charge in [0.25, 0.3) is 0 Å². The number of H-pyrrole nitrogens is 1. The van der Waals surface area contributed by atoms with Gasteiger partial charge in [0.1, 0.15) is 12.4 Å². The van der Waals surface area contributed by atoms with Crippen molar-refractivity contribution in [3.8, 4) is 5.75 Å². The second kappa shape index (κ2) is 9.05. The summed E-state index contributed by atoms with van der Waals surface area (Å²) in [7, 11) is 0. The van der Waals surface area contributed by atoms with Crippen LogP contribution in [0.25, 0.3) is 0 Å². The SMILES string of the molecule is Cc1ccc(OCc2nc(SCC(=O)Nc3cccc(C(=O)O)c3)n[nH]2)cc1. The van der Waals surface area contributed by atoms with Gasteiger partial charge in [0, 0.05) is 5.69 Å². The molecule has 28 heavy (non-hydrogen) atoms. The van der Waals surface area contributed by atoms with Crippen molar-refractivity contribution in [2.24, 2.45) is 0 Å². The van der Waals surface area contributed by atoms with Crippen LogP contribution in [0.3, 0.4) is 0 Å². The third-order valence-electron chi connectivity index (χ3n) is 3.63. The Hall–Kier alpha value is -3.33. The number of nitrogens with zero attached hydrogens (tertiary/aromatic N) is 2. The summed E-state index contributed by atoms with van der Waals surface area (Å²) in [5.74, 6) is 0.0473. The summed E-state index contributed by atoms with van der Waals surface area (Å²) < 4.78 is 5.63. The fraction of sp³-hybridized carbons (Fsp3) is 0.158. The number of carbonyl (C=O) groups is 2. The standard InChI is InChI=1S/C19H18N4O4S/c1-12-5-7-15(8-6-12)27-10-16-21-19(23-22-16)28-11-17(24)20-14-4-2-3-13(9-14)18(25)26/h2-9H,10-11H2,1H3,(H,20,24)(H,25,26)(H,21,22,23). The van der Waals surface area contributed by atoms with Crippen LogP contribution >= 0.6 is 11.8 Å². The number of benzene rings is 2. The monoisotopic (exact) mass is 398 g/mol. The first kappa shape index (κ1) is 19.4. The molecule has 0 atom stereocenters. The molecule has 0 saturated carbocycles. The summed E-state index contributed by atoms with van der Waals surface area (Å²) >= 11 is 1.17. The lowest BCUT2D eigenvalue weighted by Gasteiger charge is -2.05. The van der Waals surface area contributed by atoms with E-state index in [1.54, 1.807) is 12.1 Å². The van der Waals surface area contributed by atoms with E-state index in [1.165, 1.54) is 23.9 Å². The maximum Gasteiger partial charge on any atom is 0.335 e. The number of rotatable bonds is 8. The average molecular weight is 398 g/mol. The Morgan fingerprint density at radius 1 is 1.21 bits per heavy atom. The van der Waals surface area contributed by atoms with Gasteiger partial charge in [0.15, 0.2) is 5.82 Å². The Morgan fingerprint density at radius 2 is 2.00 bits per heavy atom. The van der Waals surface area contributed by atoms with Crippen molar-refractivity contribution in [1.82, 2.24) is 15.2 Å². The zero-order chi connectivity index (χ0) is 19.9. The first-order chi connectivity index (χ1) is 13.5. The summed E-state index contributed by atoms with van der Waals surface area (Å²) in [6, 6.07) is 13.7. The molecule has 8 nitrogen and oxygen atoms in total. The number of ether oxygens (including phenoxy) is 1. The molecule has 1 heterocycles. The topological polar surface area (TPSA) is 117 Å². The molecule has 0 aliphatic heterocycles. The van der Waals surface area contributed by atoms with Crippen LogP contribution < -0.4 is 10.1 Å². The van der Waals surface area contributed by atoms with Gasteiger partial charge in [-0.1, -0.05) is 35.5 Å². The fourth-order valence-corrected chi connectivity index (χ4v) is 2.87. The second-order valence-corrected chi connectivity index (χ2v) is 6.83. The quantitative estimate of drug-likeness (QED) is 0.499. The van der Waals surface area contributed by atoms with Gasteiger partial charge in [0.2, 0.25) is 11.1 Å². The largest absolute Gasteiger partial charge is 0.486 e. The Morgan fingerprint density at radius 3 is 2.75 bits per heavy atom. The number of aromatic carboxylic acids is 1. The number of thioether (sulfide) groups is 1.